The van der Waals surface area contributed by atoms with Gasteiger partial charge in [-0.1, -0.05) is 6.07 Å². The van der Waals surface area contributed by atoms with Gasteiger partial charge in [0.2, 0.25) is 0 Å². The van der Waals surface area contributed by atoms with Crippen molar-refractivity contribution in [3.63, 3.8) is 0 Å². The maximum atomic E-state index is 12.5. The number of hydrogen-bond donors (Lipinski definition) is 0. The minimum absolute atomic E-state index is 0.0478. The van der Waals surface area contributed by atoms with Crippen LogP contribution in [0.1, 0.15) is 15.4 Å². The van der Waals surface area contributed by atoms with Gasteiger partial charge in [0, 0.05) is 55.4 Å². The van der Waals surface area contributed by atoms with Gasteiger partial charge < -0.3 is 4.90 Å². The first-order chi connectivity index (χ1) is 10.8. The third-order valence-electron chi connectivity index (χ3n) is 3.93. The first-order valence-corrected chi connectivity index (χ1v) is 9.02. The number of imidazole rings is 1. The number of carbonyl (C=O) groups excluding carboxylic acids is 1. The maximum absolute atomic E-state index is 12.5. The molecule has 7 heteroatoms. The van der Waals surface area contributed by atoms with E-state index in [4.69, 9.17) is 0 Å². The molecule has 0 bridgehead atoms. The van der Waals surface area contributed by atoms with Crippen LogP contribution < -0.4 is 0 Å². The fourth-order valence-corrected chi connectivity index (χ4v) is 4.17. The van der Waals surface area contributed by atoms with Crippen LogP contribution >= 0.6 is 22.7 Å². The number of carbonyl (C=O) groups is 1. The molecule has 22 heavy (non-hydrogen) atoms. The van der Waals surface area contributed by atoms with E-state index in [9.17, 15) is 4.79 Å². The van der Waals surface area contributed by atoms with Crippen molar-refractivity contribution in [3.8, 4) is 0 Å². The zero-order chi connectivity index (χ0) is 14.9. The molecule has 1 aliphatic heterocycles. The number of rotatable bonds is 3. The fourth-order valence-electron chi connectivity index (χ4n) is 2.72. The van der Waals surface area contributed by atoms with Gasteiger partial charge in [0.15, 0.2) is 4.96 Å². The van der Waals surface area contributed by atoms with Crippen molar-refractivity contribution in [2.24, 2.45) is 0 Å². The molecule has 1 fully saturated rings. The van der Waals surface area contributed by atoms with E-state index in [2.05, 4.69) is 27.4 Å². The first-order valence-electron chi connectivity index (χ1n) is 7.26. The summed E-state index contributed by atoms with van der Waals surface area (Å²) < 4.78 is 1.91. The van der Waals surface area contributed by atoms with E-state index in [-0.39, 0.29) is 5.91 Å². The Hall–Kier alpha value is -1.70. The lowest BCUT2D eigenvalue weighted by Gasteiger charge is -2.34. The van der Waals surface area contributed by atoms with Crippen LogP contribution in [0.3, 0.4) is 0 Å². The van der Waals surface area contributed by atoms with Crippen LogP contribution in [0.25, 0.3) is 4.96 Å². The van der Waals surface area contributed by atoms with E-state index in [0.717, 1.165) is 37.7 Å². The minimum Gasteiger partial charge on any atom is -0.335 e. The molecule has 0 N–H and O–H groups in total. The van der Waals surface area contributed by atoms with Crippen LogP contribution in [0.2, 0.25) is 0 Å². The average Bonchev–Trinajstić information content (AvgIpc) is 3.24. The molecular formula is C15H16N4OS2. The van der Waals surface area contributed by atoms with Gasteiger partial charge in [-0.05, 0) is 11.4 Å². The topological polar surface area (TPSA) is 40.9 Å². The molecule has 114 valence electrons. The molecule has 0 spiro atoms. The number of amides is 1. The summed E-state index contributed by atoms with van der Waals surface area (Å²) in [5.41, 5.74) is 0.554. The molecule has 0 aromatic carbocycles. The Morgan fingerprint density at radius 2 is 2.05 bits per heavy atom. The van der Waals surface area contributed by atoms with Crippen molar-refractivity contribution < 1.29 is 4.79 Å². The number of thiazole rings is 1. The highest BCUT2D eigenvalue weighted by atomic mass is 32.1. The van der Waals surface area contributed by atoms with E-state index in [0.29, 0.717) is 5.69 Å². The van der Waals surface area contributed by atoms with Gasteiger partial charge in [0.05, 0.1) is 0 Å². The monoisotopic (exact) mass is 332 g/mol. The second-order valence-corrected chi connectivity index (χ2v) is 7.27. The Balaban J connectivity index is 1.38. The molecule has 4 rings (SSSR count). The minimum atomic E-state index is 0.0478. The summed E-state index contributed by atoms with van der Waals surface area (Å²) in [6.45, 7) is 4.38. The zero-order valence-corrected chi connectivity index (χ0v) is 13.6. The van der Waals surface area contributed by atoms with Crippen molar-refractivity contribution in [1.82, 2.24) is 19.2 Å². The van der Waals surface area contributed by atoms with Gasteiger partial charge >= 0.3 is 0 Å². The average molecular weight is 332 g/mol. The molecule has 1 aliphatic rings. The highest BCUT2D eigenvalue weighted by molar-refractivity contribution is 7.15. The van der Waals surface area contributed by atoms with Crippen LogP contribution in [0.15, 0.2) is 35.3 Å². The summed E-state index contributed by atoms with van der Waals surface area (Å²) in [5.74, 6) is 0.0478. The number of aromatic nitrogens is 2. The van der Waals surface area contributed by atoms with E-state index >= 15 is 0 Å². The van der Waals surface area contributed by atoms with Crippen LogP contribution in [0.5, 0.6) is 0 Å². The number of fused-ring (bicyclic) bond motifs is 1. The smallest absolute Gasteiger partial charge is 0.274 e. The van der Waals surface area contributed by atoms with Gasteiger partial charge in [-0.15, -0.1) is 22.7 Å². The predicted molar refractivity (Wildman–Crippen MR) is 88.6 cm³/mol. The Morgan fingerprint density at radius 3 is 2.77 bits per heavy atom. The summed E-state index contributed by atoms with van der Waals surface area (Å²) in [4.78, 5) is 23.5. The second kappa shape index (κ2) is 5.83. The lowest BCUT2D eigenvalue weighted by molar-refractivity contribution is 0.0624. The number of thiophene rings is 1. The van der Waals surface area contributed by atoms with Crippen molar-refractivity contribution in [2.45, 2.75) is 6.54 Å². The molecule has 0 unspecified atom stereocenters. The third-order valence-corrected chi connectivity index (χ3v) is 5.56. The standard InChI is InChI=1S/C15H16N4OS2/c20-14(13-11-19-7-9-22-15(19)16-13)18-5-3-17(4-6-18)10-12-2-1-8-21-12/h1-2,7-9,11H,3-6,10H2. The van der Waals surface area contributed by atoms with Gasteiger partial charge in [0.25, 0.3) is 5.91 Å². The first kappa shape index (κ1) is 13.9. The molecule has 5 nitrogen and oxygen atoms in total. The Morgan fingerprint density at radius 1 is 1.18 bits per heavy atom. The second-order valence-electron chi connectivity index (χ2n) is 5.37. The number of nitrogens with zero attached hydrogens (tertiary/aromatic N) is 4. The highest BCUT2D eigenvalue weighted by Crippen LogP contribution is 2.16. The molecule has 4 heterocycles. The lowest BCUT2D eigenvalue weighted by Crippen LogP contribution is -2.48. The van der Waals surface area contributed by atoms with Crippen molar-refractivity contribution in [3.05, 3.63) is 45.9 Å². The summed E-state index contributed by atoms with van der Waals surface area (Å²) in [6.07, 6.45) is 3.76. The molecular weight excluding hydrogens is 316 g/mol. The molecule has 0 atom stereocenters. The SMILES string of the molecule is O=C(c1cn2ccsc2n1)N1CCN(Cc2cccs2)CC1. The molecule has 1 amide bonds. The van der Waals surface area contributed by atoms with Crippen molar-refractivity contribution in [1.29, 1.82) is 0 Å². The third kappa shape index (κ3) is 2.67. The van der Waals surface area contributed by atoms with E-state index in [1.165, 1.54) is 4.88 Å². The van der Waals surface area contributed by atoms with Crippen LogP contribution in [-0.4, -0.2) is 51.3 Å². The number of piperazine rings is 1. The van der Waals surface area contributed by atoms with Gasteiger partial charge in [-0.3, -0.25) is 14.1 Å². The van der Waals surface area contributed by atoms with Crippen LogP contribution in [-0.2, 0) is 6.54 Å². The number of hydrogen-bond acceptors (Lipinski definition) is 5. The zero-order valence-electron chi connectivity index (χ0n) is 12.0. The molecule has 0 radical (unpaired) electrons. The Bertz CT molecular complexity index is 740. The summed E-state index contributed by atoms with van der Waals surface area (Å²) in [7, 11) is 0. The molecule has 3 aromatic heterocycles. The Kier molecular flexibility index (Phi) is 3.69. The fraction of sp³-hybridized carbons (Fsp3) is 0.333. The quantitative estimate of drug-likeness (QED) is 0.739. The van der Waals surface area contributed by atoms with Gasteiger partial charge in [0.1, 0.15) is 5.69 Å². The molecule has 3 aromatic rings. The van der Waals surface area contributed by atoms with Crippen LogP contribution in [0.4, 0.5) is 0 Å². The predicted octanol–water partition coefficient (Wildman–Crippen LogP) is 2.42. The van der Waals surface area contributed by atoms with Crippen molar-refractivity contribution in [2.75, 3.05) is 26.2 Å². The van der Waals surface area contributed by atoms with Gasteiger partial charge in [-0.2, -0.15) is 0 Å². The van der Waals surface area contributed by atoms with Gasteiger partial charge in [-0.25, -0.2) is 4.98 Å². The van der Waals surface area contributed by atoms with E-state index < -0.39 is 0 Å². The summed E-state index contributed by atoms with van der Waals surface area (Å²) in [5, 5.41) is 4.08. The molecule has 0 aliphatic carbocycles. The maximum Gasteiger partial charge on any atom is 0.274 e. The van der Waals surface area contributed by atoms with Crippen molar-refractivity contribution >= 4 is 33.5 Å². The van der Waals surface area contributed by atoms with E-state index in [1.807, 2.05) is 27.1 Å². The lowest BCUT2D eigenvalue weighted by atomic mass is 10.2. The van der Waals surface area contributed by atoms with Crippen LogP contribution in [0, 0.1) is 0 Å². The summed E-state index contributed by atoms with van der Waals surface area (Å²) in [6, 6.07) is 4.25. The molecule has 1 saturated heterocycles. The normalized spacial score (nSPS) is 16.5. The highest BCUT2D eigenvalue weighted by Gasteiger charge is 2.24. The largest absolute Gasteiger partial charge is 0.335 e. The van der Waals surface area contributed by atoms with E-state index in [1.54, 1.807) is 22.7 Å². The summed E-state index contributed by atoms with van der Waals surface area (Å²) >= 11 is 3.34. The Labute approximate surface area is 136 Å². The molecule has 0 saturated carbocycles.